The number of aromatic nitrogens is 4. The van der Waals surface area contributed by atoms with Crippen LogP contribution in [-0.4, -0.2) is 61.1 Å². The summed E-state index contributed by atoms with van der Waals surface area (Å²) in [5.74, 6) is -2.96. The number of carbonyl (C=O) groups is 3. The number of hydrogen-bond donors (Lipinski definition) is 5. The Bertz CT molecular complexity index is 1220. The normalized spacial score (nSPS) is 11.7. The number of fused-ring (bicyclic) bond motifs is 1. The van der Waals surface area contributed by atoms with E-state index in [1.54, 1.807) is 30.1 Å². The lowest BCUT2D eigenvalue weighted by molar-refractivity contribution is -0.140. The lowest BCUT2D eigenvalue weighted by atomic mass is 10.1. The van der Waals surface area contributed by atoms with Gasteiger partial charge in [0.1, 0.15) is 11.6 Å². The first-order valence-corrected chi connectivity index (χ1v) is 9.75. The van der Waals surface area contributed by atoms with Gasteiger partial charge in [0.15, 0.2) is 11.5 Å². The highest BCUT2D eigenvalue weighted by Gasteiger charge is 2.22. The van der Waals surface area contributed by atoms with E-state index in [0.717, 1.165) is 0 Å². The highest BCUT2D eigenvalue weighted by atomic mass is 16.4. The molecule has 13 heteroatoms. The minimum atomic E-state index is -1.32. The second-order valence-electron chi connectivity index (χ2n) is 7.20. The molecular weight excluding hydrogens is 432 g/mol. The highest BCUT2D eigenvalue weighted by molar-refractivity contribution is 5.97. The fourth-order valence-corrected chi connectivity index (χ4v) is 3.04. The number of hydrogen-bond acceptors (Lipinski definition) is 10. The molecule has 2 aromatic heterocycles. The molecule has 2 heterocycles. The number of aliphatic carboxylic acids is 2. The molecule has 0 fully saturated rings. The van der Waals surface area contributed by atoms with Crippen LogP contribution in [0.1, 0.15) is 28.9 Å². The molecule has 0 aliphatic rings. The number of nitrogen functional groups attached to an aromatic ring is 2. The molecule has 0 spiro atoms. The second kappa shape index (κ2) is 9.72. The average Bonchev–Trinajstić information content (AvgIpc) is 2.75. The molecule has 0 aliphatic carbocycles. The maximum Gasteiger partial charge on any atom is 0.326 e. The number of nitrogens with two attached hydrogens (primary N) is 2. The van der Waals surface area contributed by atoms with Crippen molar-refractivity contribution in [3.8, 4) is 0 Å². The lowest BCUT2D eigenvalue weighted by Gasteiger charge is -2.20. The van der Waals surface area contributed by atoms with Crippen LogP contribution in [0.25, 0.3) is 11.2 Å². The van der Waals surface area contributed by atoms with Gasteiger partial charge in [-0.25, -0.2) is 14.8 Å². The van der Waals surface area contributed by atoms with Gasteiger partial charge < -0.3 is 31.9 Å². The molecule has 7 N–H and O–H groups in total. The van der Waals surface area contributed by atoms with E-state index in [2.05, 4.69) is 25.3 Å². The fourth-order valence-electron chi connectivity index (χ4n) is 3.04. The average molecular weight is 454 g/mol. The van der Waals surface area contributed by atoms with Crippen molar-refractivity contribution < 1.29 is 24.6 Å². The van der Waals surface area contributed by atoms with Gasteiger partial charge in [-0.3, -0.25) is 9.59 Å². The van der Waals surface area contributed by atoms with Gasteiger partial charge in [0, 0.05) is 24.7 Å². The monoisotopic (exact) mass is 454 g/mol. The number of nitrogens with one attached hydrogen (secondary N) is 1. The van der Waals surface area contributed by atoms with Crippen LogP contribution in [0.2, 0.25) is 0 Å². The largest absolute Gasteiger partial charge is 0.481 e. The molecule has 3 aromatic rings. The zero-order chi connectivity index (χ0) is 24.1. The SMILES string of the molecule is CN(Cc1cnc2c(N)nc(N)nc2n1)c1cccc(C(=O)N[C@@H](CCC(=O)O)C(=O)O)c1. The van der Waals surface area contributed by atoms with E-state index in [4.69, 9.17) is 16.6 Å². The Kier molecular flexibility index (Phi) is 6.81. The standard InChI is InChI=1S/C20H22N8O5/c1-28(9-11-8-23-15-16(21)26-20(22)27-17(15)24-11)12-4-2-3-10(7-12)18(31)25-13(19(32)33)5-6-14(29)30/h2-4,7-8,13H,5-6,9H2,1H3,(H,25,31)(H,29,30)(H,32,33)(H4,21,22,24,26,27)/t13-/m0/s1. The molecule has 1 atom stereocenters. The van der Waals surface area contributed by atoms with Crippen molar-refractivity contribution in [2.24, 2.45) is 0 Å². The second-order valence-corrected chi connectivity index (χ2v) is 7.20. The van der Waals surface area contributed by atoms with Gasteiger partial charge in [-0.1, -0.05) is 6.07 Å². The molecule has 172 valence electrons. The quantitative estimate of drug-likeness (QED) is 0.295. The van der Waals surface area contributed by atoms with Gasteiger partial charge in [0.05, 0.1) is 18.4 Å². The van der Waals surface area contributed by atoms with Crippen LogP contribution in [0.15, 0.2) is 30.5 Å². The van der Waals surface area contributed by atoms with Crippen LogP contribution in [0.3, 0.4) is 0 Å². The molecule has 0 bridgehead atoms. The van der Waals surface area contributed by atoms with Crippen LogP contribution in [0, 0.1) is 0 Å². The smallest absolute Gasteiger partial charge is 0.326 e. The Morgan fingerprint density at radius 1 is 1.15 bits per heavy atom. The predicted molar refractivity (Wildman–Crippen MR) is 118 cm³/mol. The van der Waals surface area contributed by atoms with E-state index in [1.807, 2.05) is 0 Å². The maximum absolute atomic E-state index is 12.5. The molecule has 0 unspecified atom stereocenters. The number of nitrogens with zero attached hydrogens (tertiary/aromatic N) is 5. The molecule has 0 saturated heterocycles. The molecule has 0 saturated carbocycles. The van der Waals surface area contributed by atoms with Gasteiger partial charge in [-0.2, -0.15) is 9.97 Å². The number of benzene rings is 1. The van der Waals surface area contributed by atoms with E-state index in [9.17, 15) is 19.5 Å². The third-order valence-corrected chi connectivity index (χ3v) is 4.70. The zero-order valence-corrected chi connectivity index (χ0v) is 17.6. The minimum absolute atomic E-state index is 0.0125. The lowest BCUT2D eigenvalue weighted by Crippen LogP contribution is -2.41. The molecule has 1 amide bonds. The Morgan fingerprint density at radius 3 is 2.61 bits per heavy atom. The molecule has 1 aromatic carbocycles. The molecule has 0 aliphatic heterocycles. The van der Waals surface area contributed by atoms with E-state index in [1.165, 1.54) is 12.3 Å². The van der Waals surface area contributed by atoms with Crippen molar-refractivity contribution in [2.45, 2.75) is 25.4 Å². The third-order valence-electron chi connectivity index (χ3n) is 4.70. The third kappa shape index (κ3) is 5.78. The van der Waals surface area contributed by atoms with Crippen molar-refractivity contribution in [2.75, 3.05) is 23.4 Å². The predicted octanol–water partition coefficient (Wildman–Crippen LogP) is 0.268. The molecule has 33 heavy (non-hydrogen) atoms. The summed E-state index contributed by atoms with van der Waals surface area (Å²) in [6.07, 6.45) is 0.926. The number of carbonyl (C=O) groups excluding carboxylic acids is 1. The molecule has 3 rings (SSSR count). The van der Waals surface area contributed by atoms with E-state index in [0.29, 0.717) is 23.4 Å². The van der Waals surface area contributed by atoms with Crippen LogP contribution in [-0.2, 0) is 16.1 Å². The van der Waals surface area contributed by atoms with Crippen LogP contribution < -0.4 is 21.7 Å². The Morgan fingerprint density at radius 2 is 1.91 bits per heavy atom. The van der Waals surface area contributed by atoms with E-state index >= 15 is 0 Å². The van der Waals surface area contributed by atoms with Crippen molar-refractivity contribution in [1.29, 1.82) is 0 Å². The number of rotatable bonds is 9. The Hall–Kier alpha value is -4.55. The van der Waals surface area contributed by atoms with Gasteiger partial charge in [-0.05, 0) is 24.6 Å². The molecule has 13 nitrogen and oxygen atoms in total. The van der Waals surface area contributed by atoms with Gasteiger partial charge >= 0.3 is 11.9 Å². The van der Waals surface area contributed by atoms with Crippen LogP contribution in [0.5, 0.6) is 0 Å². The number of carboxylic acid groups (broad SMARTS) is 2. The summed E-state index contributed by atoms with van der Waals surface area (Å²) in [6.45, 7) is 0.314. The van der Waals surface area contributed by atoms with Crippen molar-refractivity contribution in [1.82, 2.24) is 25.3 Å². The van der Waals surface area contributed by atoms with Crippen molar-refractivity contribution in [3.05, 3.63) is 41.7 Å². The summed E-state index contributed by atoms with van der Waals surface area (Å²) < 4.78 is 0. The topological polar surface area (TPSA) is 211 Å². The summed E-state index contributed by atoms with van der Waals surface area (Å²) >= 11 is 0. The van der Waals surface area contributed by atoms with Crippen molar-refractivity contribution >= 4 is 46.5 Å². The number of amides is 1. The summed E-state index contributed by atoms with van der Waals surface area (Å²) in [6, 6.07) is 5.21. The fraction of sp³-hybridized carbons (Fsp3) is 0.250. The van der Waals surface area contributed by atoms with Gasteiger partial charge in [0.25, 0.3) is 5.91 Å². The summed E-state index contributed by atoms with van der Waals surface area (Å²) in [4.78, 5) is 52.9. The van der Waals surface area contributed by atoms with E-state index < -0.39 is 23.9 Å². The minimum Gasteiger partial charge on any atom is -0.481 e. The van der Waals surface area contributed by atoms with E-state index in [-0.39, 0.29) is 35.8 Å². The number of carboxylic acids is 2. The summed E-state index contributed by atoms with van der Waals surface area (Å²) in [7, 11) is 1.78. The molecule has 0 radical (unpaired) electrons. The summed E-state index contributed by atoms with van der Waals surface area (Å²) in [5, 5.41) is 20.4. The van der Waals surface area contributed by atoms with Gasteiger partial charge in [0.2, 0.25) is 5.95 Å². The van der Waals surface area contributed by atoms with Gasteiger partial charge in [-0.15, -0.1) is 0 Å². The first-order chi connectivity index (χ1) is 15.6. The van der Waals surface area contributed by atoms with Crippen LogP contribution in [0.4, 0.5) is 17.5 Å². The Balaban J connectivity index is 1.74. The maximum atomic E-state index is 12.5. The Labute approximate surface area is 187 Å². The van der Waals surface area contributed by atoms with Crippen molar-refractivity contribution in [3.63, 3.8) is 0 Å². The summed E-state index contributed by atoms with van der Waals surface area (Å²) in [5.41, 5.74) is 13.4. The highest BCUT2D eigenvalue weighted by Crippen LogP contribution is 2.19. The first-order valence-electron chi connectivity index (χ1n) is 9.75. The molecular formula is C20H22N8O5. The van der Waals surface area contributed by atoms with Crippen LogP contribution >= 0.6 is 0 Å². The zero-order valence-electron chi connectivity index (χ0n) is 17.6. The number of anilines is 3. The first kappa shape index (κ1) is 23.1.